The van der Waals surface area contributed by atoms with Crippen LogP contribution >= 0.6 is 0 Å². The first-order valence-corrected chi connectivity index (χ1v) is 6.54. The zero-order valence-corrected chi connectivity index (χ0v) is 11.3. The summed E-state index contributed by atoms with van der Waals surface area (Å²) in [5, 5.41) is 10.5. The highest BCUT2D eigenvalue weighted by atomic mass is 16.5. The molecule has 1 aromatic carbocycles. The maximum atomic E-state index is 10.5. The molecule has 0 spiro atoms. The van der Waals surface area contributed by atoms with Crippen LogP contribution in [0.3, 0.4) is 0 Å². The molecule has 0 radical (unpaired) electrons. The molecule has 1 N–H and O–H groups in total. The van der Waals surface area contributed by atoms with Gasteiger partial charge in [0.1, 0.15) is 11.9 Å². The molecular weight excluding hydrogens is 238 g/mol. The molecule has 0 saturated heterocycles. The molecule has 1 unspecified atom stereocenters. The van der Waals surface area contributed by atoms with E-state index < -0.39 is 6.10 Å². The Bertz CT molecular complexity index is 540. The van der Waals surface area contributed by atoms with Gasteiger partial charge in [-0.3, -0.25) is 4.98 Å². The van der Waals surface area contributed by atoms with Gasteiger partial charge in [-0.05, 0) is 37.1 Å². The van der Waals surface area contributed by atoms with E-state index in [0.29, 0.717) is 12.3 Å². The van der Waals surface area contributed by atoms with E-state index in [1.165, 1.54) is 0 Å². The number of pyridine rings is 1. The molecular formula is C16H19NO2. The van der Waals surface area contributed by atoms with Gasteiger partial charge in [-0.1, -0.05) is 25.1 Å². The maximum Gasteiger partial charge on any atom is 0.125 e. The minimum Gasteiger partial charge on any atom is -0.493 e. The second kappa shape index (κ2) is 6.34. The normalized spacial score (nSPS) is 12.2. The van der Waals surface area contributed by atoms with Crippen LogP contribution in [-0.2, 0) is 0 Å². The number of para-hydroxylation sites is 1. The van der Waals surface area contributed by atoms with Crippen LogP contribution in [0.15, 0.2) is 42.6 Å². The Morgan fingerprint density at radius 1 is 1.26 bits per heavy atom. The summed E-state index contributed by atoms with van der Waals surface area (Å²) in [5.41, 5.74) is 2.48. The Morgan fingerprint density at radius 3 is 2.79 bits per heavy atom. The van der Waals surface area contributed by atoms with Gasteiger partial charge in [-0.15, -0.1) is 0 Å². The van der Waals surface area contributed by atoms with Crippen molar-refractivity contribution in [2.75, 3.05) is 6.61 Å². The second-order valence-corrected chi connectivity index (χ2v) is 4.55. The first-order chi connectivity index (χ1) is 9.22. The van der Waals surface area contributed by atoms with Gasteiger partial charge in [0.15, 0.2) is 0 Å². The molecule has 0 aliphatic rings. The van der Waals surface area contributed by atoms with Gasteiger partial charge >= 0.3 is 0 Å². The second-order valence-electron chi connectivity index (χ2n) is 4.55. The molecule has 19 heavy (non-hydrogen) atoms. The van der Waals surface area contributed by atoms with Gasteiger partial charge < -0.3 is 9.84 Å². The summed E-state index contributed by atoms with van der Waals surface area (Å²) >= 11 is 0. The van der Waals surface area contributed by atoms with Crippen LogP contribution in [-0.4, -0.2) is 16.7 Å². The van der Waals surface area contributed by atoms with E-state index in [9.17, 15) is 5.11 Å². The molecule has 2 aromatic rings. The third kappa shape index (κ3) is 3.32. The number of aliphatic hydroxyl groups excluding tert-OH is 1. The highest BCUT2D eigenvalue weighted by molar-refractivity contribution is 5.39. The fourth-order valence-corrected chi connectivity index (χ4v) is 1.92. The zero-order valence-electron chi connectivity index (χ0n) is 11.3. The topological polar surface area (TPSA) is 42.4 Å². The summed E-state index contributed by atoms with van der Waals surface area (Å²) in [6.45, 7) is 4.68. The van der Waals surface area contributed by atoms with Crippen molar-refractivity contribution in [2.24, 2.45) is 0 Å². The van der Waals surface area contributed by atoms with Crippen LogP contribution in [0, 0.1) is 6.92 Å². The molecule has 100 valence electrons. The fourth-order valence-electron chi connectivity index (χ4n) is 1.92. The molecule has 1 atom stereocenters. The SMILES string of the molecule is CCCOc1ccccc1C(O)c1cc(C)ccn1. The van der Waals surface area contributed by atoms with Crippen molar-refractivity contribution in [3.63, 3.8) is 0 Å². The van der Waals surface area contributed by atoms with Crippen LogP contribution in [0.5, 0.6) is 5.75 Å². The quantitative estimate of drug-likeness (QED) is 0.894. The van der Waals surface area contributed by atoms with Gasteiger partial charge in [0.05, 0.1) is 12.3 Å². The number of aromatic nitrogens is 1. The predicted molar refractivity (Wildman–Crippen MR) is 75.3 cm³/mol. The number of ether oxygens (including phenoxy) is 1. The summed E-state index contributed by atoms with van der Waals surface area (Å²) in [7, 11) is 0. The molecule has 0 saturated carbocycles. The molecule has 3 nitrogen and oxygen atoms in total. The highest BCUT2D eigenvalue weighted by Gasteiger charge is 2.16. The Kier molecular flexibility index (Phi) is 4.53. The molecule has 2 rings (SSSR count). The van der Waals surface area contributed by atoms with Crippen molar-refractivity contribution in [3.8, 4) is 5.75 Å². The highest BCUT2D eigenvalue weighted by Crippen LogP contribution is 2.29. The van der Waals surface area contributed by atoms with Gasteiger partial charge in [0, 0.05) is 11.8 Å². The standard InChI is InChI=1S/C16H19NO2/c1-3-10-19-15-7-5-4-6-13(15)16(18)14-11-12(2)8-9-17-14/h4-9,11,16,18H,3,10H2,1-2H3. The lowest BCUT2D eigenvalue weighted by molar-refractivity contribution is 0.206. The van der Waals surface area contributed by atoms with Crippen molar-refractivity contribution in [3.05, 3.63) is 59.4 Å². The van der Waals surface area contributed by atoms with E-state index in [1.54, 1.807) is 6.20 Å². The summed E-state index contributed by atoms with van der Waals surface area (Å²) in [6, 6.07) is 11.4. The summed E-state index contributed by atoms with van der Waals surface area (Å²) in [6.07, 6.45) is 1.89. The predicted octanol–water partition coefficient (Wildman–Crippen LogP) is 3.26. The Morgan fingerprint density at radius 2 is 2.05 bits per heavy atom. The fraction of sp³-hybridized carbons (Fsp3) is 0.312. The molecule has 3 heteroatoms. The Balaban J connectivity index is 2.30. The molecule has 0 amide bonds. The minimum atomic E-state index is -0.757. The van der Waals surface area contributed by atoms with Crippen molar-refractivity contribution in [1.82, 2.24) is 4.98 Å². The number of aryl methyl sites for hydroxylation is 1. The first kappa shape index (κ1) is 13.6. The van der Waals surface area contributed by atoms with Crippen molar-refractivity contribution < 1.29 is 9.84 Å². The molecule has 1 aromatic heterocycles. The lowest BCUT2D eigenvalue weighted by atomic mass is 10.0. The minimum absolute atomic E-state index is 0.644. The molecule has 0 aliphatic heterocycles. The number of hydrogen-bond donors (Lipinski definition) is 1. The molecule has 0 bridgehead atoms. The van der Waals surface area contributed by atoms with E-state index in [4.69, 9.17) is 4.74 Å². The van der Waals surface area contributed by atoms with Crippen molar-refractivity contribution in [1.29, 1.82) is 0 Å². The van der Waals surface area contributed by atoms with Crippen LogP contribution < -0.4 is 4.74 Å². The van der Waals surface area contributed by atoms with Crippen LogP contribution in [0.1, 0.15) is 36.3 Å². The van der Waals surface area contributed by atoms with E-state index >= 15 is 0 Å². The third-order valence-corrected chi connectivity index (χ3v) is 2.89. The largest absolute Gasteiger partial charge is 0.493 e. The lowest BCUT2D eigenvalue weighted by Crippen LogP contribution is -2.06. The van der Waals surface area contributed by atoms with Crippen LogP contribution in [0.2, 0.25) is 0 Å². The maximum absolute atomic E-state index is 10.5. The van der Waals surface area contributed by atoms with Gasteiger partial charge in [0.25, 0.3) is 0 Å². The Labute approximate surface area is 113 Å². The third-order valence-electron chi connectivity index (χ3n) is 2.89. The van der Waals surface area contributed by atoms with Crippen molar-refractivity contribution >= 4 is 0 Å². The monoisotopic (exact) mass is 257 g/mol. The Hall–Kier alpha value is -1.87. The van der Waals surface area contributed by atoms with E-state index in [1.807, 2.05) is 43.3 Å². The number of hydrogen-bond acceptors (Lipinski definition) is 3. The number of rotatable bonds is 5. The van der Waals surface area contributed by atoms with Crippen LogP contribution in [0.25, 0.3) is 0 Å². The number of aliphatic hydroxyl groups is 1. The van der Waals surface area contributed by atoms with E-state index in [2.05, 4.69) is 11.9 Å². The molecule has 0 aliphatic carbocycles. The average Bonchev–Trinajstić information content (AvgIpc) is 2.44. The summed E-state index contributed by atoms with van der Waals surface area (Å²) < 4.78 is 5.67. The smallest absolute Gasteiger partial charge is 0.125 e. The summed E-state index contributed by atoms with van der Waals surface area (Å²) in [5.74, 6) is 0.722. The van der Waals surface area contributed by atoms with E-state index in [-0.39, 0.29) is 0 Å². The first-order valence-electron chi connectivity index (χ1n) is 6.54. The van der Waals surface area contributed by atoms with Crippen molar-refractivity contribution in [2.45, 2.75) is 26.4 Å². The molecule has 1 heterocycles. The number of nitrogens with zero attached hydrogens (tertiary/aromatic N) is 1. The van der Waals surface area contributed by atoms with Gasteiger partial charge in [0.2, 0.25) is 0 Å². The molecule has 0 fully saturated rings. The zero-order chi connectivity index (χ0) is 13.7. The van der Waals surface area contributed by atoms with Crippen LogP contribution in [0.4, 0.5) is 0 Å². The summed E-state index contributed by atoms with van der Waals surface area (Å²) in [4.78, 5) is 4.23. The lowest BCUT2D eigenvalue weighted by Gasteiger charge is -2.16. The average molecular weight is 257 g/mol. The number of benzene rings is 1. The van der Waals surface area contributed by atoms with Gasteiger partial charge in [-0.2, -0.15) is 0 Å². The van der Waals surface area contributed by atoms with E-state index in [0.717, 1.165) is 23.3 Å². The van der Waals surface area contributed by atoms with Gasteiger partial charge in [-0.25, -0.2) is 0 Å².